The van der Waals surface area contributed by atoms with E-state index in [2.05, 4.69) is 17.6 Å². The molecule has 0 saturated heterocycles. The van der Waals surface area contributed by atoms with Crippen LogP contribution in [0.25, 0.3) is 10.9 Å². The molecule has 10 nitrogen and oxygen atoms in total. The average Bonchev–Trinajstić information content (AvgIpc) is 3.70. The number of nitrogens with zero attached hydrogens (tertiary/aromatic N) is 2. The van der Waals surface area contributed by atoms with Crippen LogP contribution in [0.4, 0.5) is 5.69 Å². The quantitative estimate of drug-likeness (QED) is 0.296. The van der Waals surface area contributed by atoms with Crippen molar-refractivity contribution in [2.24, 2.45) is 0 Å². The lowest BCUT2D eigenvalue weighted by atomic mass is 10.00. The number of carbonyl (C=O) groups is 2. The molecule has 2 heterocycles. The fourth-order valence-electron chi connectivity index (χ4n) is 4.94. The maximum atomic E-state index is 13.6. The number of aryl methyl sites for hydroxylation is 2. The van der Waals surface area contributed by atoms with Gasteiger partial charge in [-0.1, -0.05) is 37.3 Å². The van der Waals surface area contributed by atoms with Crippen molar-refractivity contribution in [2.45, 2.75) is 57.3 Å². The van der Waals surface area contributed by atoms with E-state index in [4.69, 9.17) is 9.90 Å². The Kier molecular flexibility index (Phi) is 8.94. The van der Waals surface area contributed by atoms with Gasteiger partial charge >= 0.3 is 0 Å². The molecule has 0 spiro atoms. The molecule has 2 aliphatic rings. The summed E-state index contributed by atoms with van der Waals surface area (Å²) in [5.74, 6) is -0.323. The van der Waals surface area contributed by atoms with Crippen LogP contribution in [0.5, 0.6) is 0 Å². The normalized spacial score (nSPS) is 17.5. The molecule has 2 aromatic carbocycles. The van der Waals surface area contributed by atoms with Crippen LogP contribution in [0, 0.1) is 0 Å². The number of sulfonamides is 1. The third-order valence-electron chi connectivity index (χ3n) is 7.30. The minimum Gasteiger partial charge on any atom is -0.483 e. The van der Waals surface area contributed by atoms with Gasteiger partial charge in [0.05, 0.1) is 29.1 Å². The molecule has 1 fully saturated rings. The second kappa shape index (κ2) is 12.2. The molecule has 0 radical (unpaired) electrons. The van der Waals surface area contributed by atoms with Gasteiger partial charge in [0.1, 0.15) is 0 Å². The van der Waals surface area contributed by atoms with E-state index in [1.165, 1.54) is 4.31 Å². The summed E-state index contributed by atoms with van der Waals surface area (Å²) in [6.07, 6.45) is 4.71. The number of anilines is 1. The van der Waals surface area contributed by atoms with Gasteiger partial charge in [-0.05, 0) is 48.9 Å². The maximum absolute atomic E-state index is 13.6. The van der Waals surface area contributed by atoms with Gasteiger partial charge in [0.15, 0.2) is 0 Å². The lowest BCUT2D eigenvalue weighted by Crippen LogP contribution is -2.49. The van der Waals surface area contributed by atoms with Crippen molar-refractivity contribution < 1.29 is 28.2 Å². The van der Waals surface area contributed by atoms with E-state index in [9.17, 15) is 18.3 Å². The lowest BCUT2D eigenvalue weighted by molar-refractivity contribution is -0.122. The van der Waals surface area contributed by atoms with E-state index in [-0.39, 0.29) is 18.1 Å². The van der Waals surface area contributed by atoms with Gasteiger partial charge in [0, 0.05) is 43.3 Å². The van der Waals surface area contributed by atoms with E-state index in [0.29, 0.717) is 36.8 Å². The SMILES string of the molecule is CCc1cn2c3c(cc(C(=O)N[C@@H](Cc4ccccc4)[C@H](O)CNC4CC4)cc13)N(C)S(=O)(=O)CC2.O=CO. The van der Waals surface area contributed by atoms with E-state index in [1.807, 2.05) is 47.2 Å². The summed E-state index contributed by atoms with van der Waals surface area (Å²) in [5, 5.41) is 25.2. The molecule has 1 aromatic heterocycles. The number of carboxylic acid groups (broad SMARTS) is 1. The number of benzene rings is 2. The Morgan fingerprint density at radius 2 is 1.90 bits per heavy atom. The number of aliphatic hydroxyl groups excluding tert-OH is 1. The van der Waals surface area contributed by atoms with E-state index in [0.717, 1.165) is 41.3 Å². The molecule has 5 rings (SSSR count). The lowest BCUT2D eigenvalue weighted by Gasteiger charge is -2.25. The van der Waals surface area contributed by atoms with Crippen molar-refractivity contribution >= 4 is 39.0 Å². The fourth-order valence-corrected chi connectivity index (χ4v) is 6.08. The highest BCUT2D eigenvalue weighted by Gasteiger charge is 2.30. The van der Waals surface area contributed by atoms with Gasteiger partial charge in [-0.15, -0.1) is 0 Å². The van der Waals surface area contributed by atoms with Crippen molar-refractivity contribution in [1.29, 1.82) is 0 Å². The Morgan fingerprint density at radius 3 is 2.54 bits per heavy atom. The molecule has 1 aliphatic carbocycles. The predicted molar refractivity (Wildman–Crippen MR) is 151 cm³/mol. The molecule has 1 amide bonds. The van der Waals surface area contributed by atoms with E-state index >= 15 is 0 Å². The Bertz CT molecular complexity index is 1420. The monoisotopic (exact) mass is 556 g/mol. The highest BCUT2D eigenvalue weighted by molar-refractivity contribution is 7.92. The average molecular weight is 557 g/mol. The van der Waals surface area contributed by atoms with Gasteiger partial charge < -0.3 is 25.4 Å². The van der Waals surface area contributed by atoms with Crippen molar-refractivity contribution in [3.05, 3.63) is 65.4 Å². The maximum Gasteiger partial charge on any atom is 0.290 e. The summed E-state index contributed by atoms with van der Waals surface area (Å²) in [6.45, 7) is 2.58. The molecular formula is C28H36N4O6S. The molecule has 0 bridgehead atoms. The predicted octanol–water partition coefficient (Wildman–Crippen LogP) is 2.14. The molecule has 3 aromatic rings. The van der Waals surface area contributed by atoms with Crippen LogP contribution in [0.1, 0.15) is 41.3 Å². The number of aromatic nitrogens is 1. The standard InChI is InChI=1S/C27H34N4O4S.CH2O2/c1-3-19-17-31-11-12-36(34,35)30(2)24-15-20(14-22(19)26(24)31)27(33)29-23(13-18-7-5-4-6-8-18)25(32)16-28-21-9-10-21;2-1-3/h4-8,14-15,17,21,23,25,28,32H,3,9-13,16H2,1-2H3,(H,29,33);1H,(H,2,3)/t23-,25+;/m0./s1. The zero-order valence-corrected chi connectivity index (χ0v) is 23.0. The molecule has 11 heteroatoms. The second-order valence-electron chi connectivity index (χ2n) is 10.0. The molecule has 39 heavy (non-hydrogen) atoms. The van der Waals surface area contributed by atoms with Crippen molar-refractivity contribution in [1.82, 2.24) is 15.2 Å². The minimum absolute atomic E-state index is 0.00593. The second-order valence-corrected chi connectivity index (χ2v) is 12.1. The summed E-state index contributed by atoms with van der Waals surface area (Å²) in [4.78, 5) is 21.9. The van der Waals surface area contributed by atoms with Gasteiger partial charge in [-0.2, -0.15) is 0 Å². The van der Waals surface area contributed by atoms with Gasteiger partial charge in [-0.25, -0.2) is 8.42 Å². The van der Waals surface area contributed by atoms with Crippen molar-refractivity contribution in [3.63, 3.8) is 0 Å². The molecule has 1 saturated carbocycles. The highest BCUT2D eigenvalue weighted by atomic mass is 32.2. The first kappa shape index (κ1) is 28.6. The van der Waals surface area contributed by atoms with Gasteiger partial charge in [-0.3, -0.25) is 13.9 Å². The molecular weight excluding hydrogens is 520 g/mol. The van der Waals surface area contributed by atoms with Crippen LogP contribution in [-0.4, -0.2) is 73.1 Å². The Morgan fingerprint density at radius 1 is 1.21 bits per heavy atom. The number of amides is 1. The number of hydrogen-bond donors (Lipinski definition) is 4. The Labute approximate surface area is 228 Å². The minimum atomic E-state index is -3.50. The van der Waals surface area contributed by atoms with E-state index < -0.39 is 22.2 Å². The summed E-state index contributed by atoms with van der Waals surface area (Å²) in [6, 6.07) is 13.2. The van der Waals surface area contributed by atoms with Crippen LogP contribution < -0.4 is 14.9 Å². The summed E-state index contributed by atoms with van der Waals surface area (Å²) < 4.78 is 28.9. The zero-order valence-electron chi connectivity index (χ0n) is 22.2. The van der Waals surface area contributed by atoms with Gasteiger partial charge in [0.25, 0.3) is 12.4 Å². The number of carbonyl (C=O) groups excluding carboxylic acids is 1. The first-order valence-electron chi connectivity index (χ1n) is 13.1. The summed E-state index contributed by atoms with van der Waals surface area (Å²) in [7, 11) is -1.95. The first-order valence-corrected chi connectivity index (χ1v) is 14.8. The fraction of sp³-hybridized carbons (Fsp3) is 0.429. The topological polar surface area (TPSA) is 141 Å². The largest absolute Gasteiger partial charge is 0.483 e. The molecule has 2 atom stereocenters. The Balaban J connectivity index is 0.00000112. The summed E-state index contributed by atoms with van der Waals surface area (Å²) in [5.41, 5.74) is 3.82. The van der Waals surface area contributed by atoms with Crippen LogP contribution in [0.3, 0.4) is 0 Å². The highest BCUT2D eigenvalue weighted by Crippen LogP contribution is 2.35. The number of nitrogens with one attached hydrogen (secondary N) is 2. The molecule has 4 N–H and O–H groups in total. The van der Waals surface area contributed by atoms with Crippen LogP contribution in [0.15, 0.2) is 48.7 Å². The van der Waals surface area contributed by atoms with Crippen LogP contribution in [-0.2, 0) is 34.2 Å². The first-order chi connectivity index (χ1) is 18.7. The smallest absolute Gasteiger partial charge is 0.290 e. The molecule has 210 valence electrons. The molecule has 0 unspecified atom stereocenters. The van der Waals surface area contributed by atoms with E-state index in [1.54, 1.807) is 13.1 Å². The van der Waals surface area contributed by atoms with Crippen molar-refractivity contribution in [2.75, 3.05) is 23.7 Å². The van der Waals surface area contributed by atoms with Crippen LogP contribution >= 0.6 is 0 Å². The van der Waals surface area contributed by atoms with Crippen molar-refractivity contribution in [3.8, 4) is 0 Å². The van der Waals surface area contributed by atoms with Gasteiger partial charge in [0.2, 0.25) is 10.0 Å². The summed E-state index contributed by atoms with van der Waals surface area (Å²) >= 11 is 0. The number of hydrogen-bond acceptors (Lipinski definition) is 6. The third-order valence-corrected chi connectivity index (χ3v) is 9.03. The van der Waals surface area contributed by atoms with Crippen LogP contribution in [0.2, 0.25) is 0 Å². The number of aliphatic hydroxyl groups is 1. The zero-order chi connectivity index (χ0) is 28.2. The Hall–Kier alpha value is -3.41. The third kappa shape index (κ3) is 6.60. The number of rotatable bonds is 9. The molecule has 1 aliphatic heterocycles.